The summed E-state index contributed by atoms with van der Waals surface area (Å²) in [5.74, 6) is -0.602. The summed E-state index contributed by atoms with van der Waals surface area (Å²) in [6.07, 6.45) is -0.373. The molecule has 2 rings (SSSR count). The van der Waals surface area contributed by atoms with E-state index in [0.717, 1.165) is 23.3 Å². The Morgan fingerprint density at radius 1 is 1.52 bits per heavy atom. The van der Waals surface area contributed by atoms with Crippen molar-refractivity contribution in [1.82, 2.24) is 4.90 Å². The van der Waals surface area contributed by atoms with Gasteiger partial charge < -0.3 is 15.1 Å². The van der Waals surface area contributed by atoms with Crippen LogP contribution in [0.2, 0.25) is 0 Å². The molecule has 1 aromatic rings. The van der Waals surface area contributed by atoms with Crippen molar-refractivity contribution in [3.05, 3.63) is 35.1 Å². The van der Waals surface area contributed by atoms with Gasteiger partial charge in [0, 0.05) is 6.54 Å². The van der Waals surface area contributed by atoms with Gasteiger partial charge in [-0.1, -0.05) is 6.07 Å². The van der Waals surface area contributed by atoms with E-state index in [9.17, 15) is 22.7 Å². The zero-order chi connectivity index (χ0) is 17.2. The van der Waals surface area contributed by atoms with E-state index >= 15 is 0 Å². The molecule has 9 heteroatoms. The molecule has 1 heterocycles. The van der Waals surface area contributed by atoms with Crippen molar-refractivity contribution < 1.29 is 32.0 Å². The van der Waals surface area contributed by atoms with Crippen molar-refractivity contribution in [1.29, 1.82) is 0 Å². The second-order valence-electron chi connectivity index (χ2n) is 5.44. The van der Waals surface area contributed by atoms with Crippen molar-refractivity contribution in [2.75, 3.05) is 12.8 Å². The fraction of sp³-hybridized carbons (Fsp3) is 0.500. The molecular formula is C14H18FNO6S. The average molecular weight is 347 g/mol. The molecule has 2 unspecified atom stereocenters. The summed E-state index contributed by atoms with van der Waals surface area (Å²) < 4.78 is 40.3. The molecule has 1 aliphatic heterocycles. The van der Waals surface area contributed by atoms with E-state index in [0.29, 0.717) is 19.4 Å². The largest absolute Gasteiger partial charge is 0.465 e. The van der Waals surface area contributed by atoms with E-state index in [2.05, 4.69) is 4.18 Å². The van der Waals surface area contributed by atoms with Gasteiger partial charge in [0.25, 0.3) is 10.1 Å². The average Bonchev–Trinajstić information content (AvgIpc) is 2.93. The number of nitrogens with zero attached hydrogens (tertiary/aromatic N) is 1. The number of likely N-dealkylation sites (tertiary alicyclic amines) is 1. The van der Waals surface area contributed by atoms with Crippen LogP contribution in [-0.2, 0) is 20.9 Å². The maximum atomic E-state index is 13.4. The minimum absolute atomic E-state index is 0.167. The van der Waals surface area contributed by atoms with Crippen molar-refractivity contribution in [3.8, 4) is 0 Å². The number of hydrogen-bond acceptors (Lipinski definition) is 5. The summed E-state index contributed by atoms with van der Waals surface area (Å²) in [5.41, 5.74) is 0.424. The van der Waals surface area contributed by atoms with E-state index in [4.69, 9.17) is 5.11 Å². The number of aliphatic hydroxyl groups is 1. The Hall–Kier alpha value is -1.71. The highest BCUT2D eigenvalue weighted by Crippen LogP contribution is 2.32. The second kappa shape index (κ2) is 6.81. The van der Waals surface area contributed by atoms with Crippen LogP contribution < -0.4 is 0 Å². The molecule has 0 aromatic heterocycles. The smallest absolute Gasteiger partial charge is 0.407 e. The highest BCUT2D eigenvalue weighted by atomic mass is 32.2. The fourth-order valence-electron chi connectivity index (χ4n) is 2.72. The standard InChI is InChI=1S/C14H18FNO6S/c1-23(20,21)22-8-9-7-10(15)4-5-11(9)13(17)12-3-2-6-16(12)14(18)19/h4-5,7,12-13,17H,2-3,6,8H2,1H3,(H,18,19). The van der Waals surface area contributed by atoms with Gasteiger partial charge in [0.15, 0.2) is 0 Å². The number of aliphatic hydroxyl groups excluding tert-OH is 1. The van der Waals surface area contributed by atoms with Gasteiger partial charge in [-0.15, -0.1) is 0 Å². The third-order valence-corrected chi connectivity index (χ3v) is 4.31. The number of halogens is 1. The number of carbonyl (C=O) groups is 1. The molecule has 1 aliphatic rings. The Labute approximate surface area is 133 Å². The van der Waals surface area contributed by atoms with E-state index in [-0.39, 0.29) is 11.1 Å². The van der Waals surface area contributed by atoms with Crippen LogP contribution in [0.5, 0.6) is 0 Å². The number of rotatable bonds is 5. The van der Waals surface area contributed by atoms with Gasteiger partial charge in [-0.2, -0.15) is 8.42 Å². The Kier molecular flexibility index (Phi) is 5.23. The molecule has 0 aliphatic carbocycles. The lowest BCUT2D eigenvalue weighted by atomic mass is 9.96. The highest BCUT2D eigenvalue weighted by molar-refractivity contribution is 7.85. The molecular weight excluding hydrogens is 329 g/mol. The Morgan fingerprint density at radius 3 is 2.83 bits per heavy atom. The number of benzene rings is 1. The molecule has 23 heavy (non-hydrogen) atoms. The number of amides is 1. The Balaban J connectivity index is 2.29. The van der Waals surface area contributed by atoms with Crippen LogP contribution in [0, 0.1) is 5.82 Å². The van der Waals surface area contributed by atoms with E-state index in [1.54, 1.807) is 0 Å². The topological polar surface area (TPSA) is 104 Å². The van der Waals surface area contributed by atoms with Crippen LogP contribution in [0.4, 0.5) is 9.18 Å². The quantitative estimate of drug-likeness (QED) is 0.782. The van der Waals surface area contributed by atoms with Gasteiger partial charge in [0.2, 0.25) is 0 Å². The van der Waals surface area contributed by atoms with Crippen LogP contribution in [-0.4, -0.2) is 48.5 Å². The molecule has 128 valence electrons. The van der Waals surface area contributed by atoms with Crippen molar-refractivity contribution in [3.63, 3.8) is 0 Å². The van der Waals surface area contributed by atoms with Gasteiger partial charge in [-0.05, 0) is 36.1 Å². The first-order valence-electron chi connectivity index (χ1n) is 6.99. The molecule has 2 atom stereocenters. The molecule has 0 radical (unpaired) electrons. The lowest BCUT2D eigenvalue weighted by Crippen LogP contribution is -2.38. The predicted octanol–water partition coefficient (Wildman–Crippen LogP) is 1.48. The van der Waals surface area contributed by atoms with Crippen molar-refractivity contribution in [2.24, 2.45) is 0 Å². The van der Waals surface area contributed by atoms with Gasteiger partial charge >= 0.3 is 6.09 Å². The summed E-state index contributed by atoms with van der Waals surface area (Å²) in [4.78, 5) is 12.3. The third-order valence-electron chi connectivity index (χ3n) is 3.76. The lowest BCUT2D eigenvalue weighted by Gasteiger charge is -2.27. The summed E-state index contributed by atoms with van der Waals surface area (Å²) in [6, 6.07) is 2.86. The maximum absolute atomic E-state index is 13.4. The zero-order valence-corrected chi connectivity index (χ0v) is 13.3. The molecule has 1 amide bonds. The van der Waals surface area contributed by atoms with Gasteiger partial charge in [0.1, 0.15) is 5.82 Å². The summed E-state index contributed by atoms with van der Waals surface area (Å²) in [6.45, 7) is -0.115. The second-order valence-corrected chi connectivity index (χ2v) is 7.08. The van der Waals surface area contributed by atoms with Crippen molar-refractivity contribution >= 4 is 16.2 Å². The van der Waals surface area contributed by atoms with Gasteiger partial charge in [0.05, 0.1) is 25.0 Å². The Morgan fingerprint density at radius 2 is 2.22 bits per heavy atom. The highest BCUT2D eigenvalue weighted by Gasteiger charge is 2.35. The molecule has 1 aromatic carbocycles. The Bertz CT molecular complexity index is 693. The molecule has 0 bridgehead atoms. The van der Waals surface area contributed by atoms with E-state index < -0.39 is 40.8 Å². The van der Waals surface area contributed by atoms with Crippen LogP contribution >= 0.6 is 0 Å². The monoisotopic (exact) mass is 347 g/mol. The SMILES string of the molecule is CS(=O)(=O)OCc1cc(F)ccc1C(O)C1CCCN1C(=O)O. The molecule has 0 saturated carbocycles. The van der Waals surface area contributed by atoms with Gasteiger partial charge in [-0.25, -0.2) is 9.18 Å². The zero-order valence-electron chi connectivity index (χ0n) is 12.5. The molecule has 0 spiro atoms. The molecule has 1 fully saturated rings. The van der Waals surface area contributed by atoms with E-state index in [1.165, 1.54) is 6.07 Å². The molecule has 7 nitrogen and oxygen atoms in total. The fourth-order valence-corrected chi connectivity index (χ4v) is 3.06. The van der Waals surface area contributed by atoms with Crippen LogP contribution in [0.15, 0.2) is 18.2 Å². The van der Waals surface area contributed by atoms with Crippen LogP contribution in [0.25, 0.3) is 0 Å². The number of hydrogen-bond donors (Lipinski definition) is 2. The maximum Gasteiger partial charge on any atom is 0.407 e. The number of carboxylic acid groups (broad SMARTS) is 1. The van der Waals surface area contributed by atoms with Crippen molar-refractivity contribution in [2.45, 2.75) is 31.6 Å². The molecule has 2 N–H and O–H groups in total. The first-order chi connectivity index (χ1) is 10.7. The van der Waals surface area contributed by atoms with Crippen LogP contribution in [0.3, 0.4) is 0 Å². The lowest BCUT2D eigenvalue weighted by molar-refractivity contribution is 0.0666. The molecule has 1 saturated heterocycles. The first kappa shape index (κ1) is 17.6. The van der Waals surface area contributed by atoms with E-state index in [1.807, 2.05) is 0 Å². The summed E-state index contributed by atoms with van der Waals surface area (Å²) >= 11 is 0. The minimum Gasteiger partial charge on any atom is -0.465 e. The summed E-state index contributed by atoms with van der Waals surface area (Å²) in [5, 5.41) is 19.7. The first-order valence-corrected chi connectivity index (χ1v) is 8.81. The van der Waals surface area contributed by atoms with Gasteiger partial charge in [-0.3, -0.25) is 4.18 Å². The predicted molar refractivity (Wildman–Crippen MR) is 78.7 cm³/mol. The normalized spacial score (nSPS) is 19.8. The minimum atomic E-state index is -3.73. The summed E-state index contributed by atoms with van der Waals surface area (Å²) in [7, 11) is -3.73. The third kappa shape index (κ3) is 4.40. The van der Waals surface area contributed by atoms with Crippen LogP contribution in [0.1, 0.15) is 30.1 Å².